The lowest BCUT2D eigenvalue weighted by Crippen LogP contribution is -2.29. The molecule has 2 aromatic rings. The van der Waals surface area contributed by atoms with E-state index >= 15 is 0 Å². The summed E-state index contributed by atoms with van der Waals surface area (Å²) < 4.78 is 32.3. The van der Waals surface area contributed by atoms with Crippen LogP contribution in [0.4, 0.5) is 11.4 Å². The van der Waals surface area contributed by atoms with Crippen molar-refractivity contribution in [1.29, 1.82) is 0 Å². The number of thioether (sulfide) groups is 1. The minimum Gasteiger partial charge on any atom is -0.487 e. The number of aliphatic hydroxyl groups excluding tert-OH is 1. The predicted molar refractivity (Wildman–Crippen MR) is 132 cm³/mol. The molecule has 34 heavy (non-hydrogen) atoms. The molecule has 2 aromatic carbocycles. The third kappa shape index (κ3) is 5.01. The van der Waals surface area contributed by atoms with Crippen LogP contribution in [0.3, 0.4) is 0 Å². The number of carboxylic acid groups (broad SMARTS) is 1. The van der Waals surface area contributed by atoms with Crippen molar-refractivity contribution in [3.8, 4) is 5.75 Å². The summed E-state index contributed by atoms with van der Waals surface area (Å²) in [6, 6.07) is 11.3. The van der Waals surface area contributed by atoms with E-state index in [1.54, 1.807) is 18.0 Å². The normalized spacial score (nSPS) is 18.8. The molecule has 0 aromatic heterocycles. The number of fused-ring (bicyclic) bond motifs is 3. The lowest BCUT2D eigenvalue weighted by Gasteiger charge is -2.21. The van der Waals surface area contributed by atoms with Gasteiger partial charge < -0.3 is 19.8 Å². The second kappa shape index (κ2) is 10.2. The average Bonchev–Trinajstić information content (AvgIpc) is 3.27. The molecule has 2 aliphatic heterocycles. The van der Waals surface area contributed by atoms with Crippen LogP contribution in [0.1, 0.15) is 34.8 Å². The third-order valence-electron chi connectivity index (χ3n) is 5.63. The van der Waals surface area contributed by atoms with Crippen molar-refractivity contribution in [2.75, 3.05) is 41.9 Å². The molecule has 2 unspecified atom stereocenters. The Balaban J connectivity index is 0.000000751. The number of rotatable bonds is 6. The van der Waals surface area contributed by atoms with Crippen LogP contribution in [-0.2, 0) is 26.2 Å². The maximum absolute atomic E-state index is 12.9. The summed E-state index contributed by atoms with van der Waals surface area (Å²) in [5.41, 5.74) is 3.58. The van der Waals surface area contributed by atoms with Gasteiger partial charge in [0.05, 0.1) is 24.2 Å². The maximum Gasteiger partial charge on any atom is 0.300 e. The molecule has 184 valence electrons. The molecule has 0 saturated carbocycles. The minimum absolute atomic E-state index is 0.0787. The van der Waals surface area contributed by atoms with Gasteiger partial charge in [0.15, 0.2) is 0 Å². The summed E-state index contributed by atoms with van der Waals surface area (Å²) in [7, 11) is -1.85. The zero-order chi connectivity index (χ0) is 25.2. The highest BCUT2D eigenvalue weighted by Gasteiger charge is 2.46. The largest absolute Gasteiger partial charge is 0.487 e. The van der Waals surface area contributed by atoms with Crippen molar-refractivity contribution in [3.63, 3.8) is 0 Å². The van der Waals surface area contributed by atoms with Gasteiger partial charge in [-0.15, -0.1) is 11.8 Å². The van der Waals surface area contributed by atoms with Crippen LogP contribution in [0.2, 0.25) is 0 Å². The number of hydrogen-bond acceptors (Lipinski definition) is 7. The van der Waals surface area contributed by atoms with Gasteiger partial charge in [-0.2, -0.15) is 0 Å². The number of aliphatic carboxylic acids is 1. The Kier molecular flexibility index (Phi) is 7.79. The fourth-order valence-electron chi connectivity index (χ4n) is 4.24. The number of ether oxygens (including phenoxy) is 1. The molecule has 0 aliphatic carbocycles. The third-order valence-corrected chi connectivity index (χ3v) is 7.69. The highest BCUT2D eigenvalue weighted by atomic mass is 32.2. The first-order valence-electron chi connectivity index (χ1n) is 10.5. The fourth-order valence-corrected chi connectivity index (χ4v) is 6.03. The number of carbonyl (C=O) groups excluding carboxylic acids is 1. The second-order valence-electron chi connectivity index (χ2n) is 8.05. The molecular weight excluding hydrogens is 480 g/mol. The van der Waals surface area contributed by atoms with Crippen LogP contribution in [-0.4, -0.2) is 63.2 Å². The number of anilines is 2. The average molecular weight is 509 g/mol. The lowest BCUT2D eigenvalue weighted by molar-refractivity contribution is -0.134. The molecule has 0 radical (unpaired) electrons. The fraction of sp³-hybridized carbons (Fsp3) is 0.391. The van der Waals surface area contributed by atoms with Crippen LogP contribution in [0.25, 0.3) is 0 Å². The smallest absolute Gasteiger partial charge is 0.300 e. The van der Waals surface area contributed by atoms with Gasteiger partial charge in [-0.05, 0) is 17.4 Å². The van der Waals surface area contributed by atoms with E-state index < -0.39 is 21.2 Å². The molecule has 2 aliphatic rings. The van der Waals surface area contributed by atoms with Gasteiger partial charge in [0, 0.05) is 38.1 Å². The molecule has 1 amide bonds. The zero-order valence-electron chi connectivity index (χ0n) is 19.4. The van der Waals surface area contributed by atoms with Gasteiger partial charge >= 0.3 is 0 Å². The van der Waals surface area contributed by atoms with E-state index in [1.807, 2.05) is 36.6 Å². The number of carbonyl (C=O) groups is 2. The Labute approximate surface area is 203 Å². The summed E-state index contributed by atoms with van der Waals surface area (Å²) in [4.78, 5) is 23.5. The number of benzene rings is 2. The number of aliphatic hydroxyl groups is 1. The Bertz CT molecular complexity index is 1180. The van der Waals surface area contributed by atoms with E-state index in [9.17, 15) is 18.3 Å². The van der Waals surface area contributed by atoms with Crippen LogP contribution in [0, 0.1) is 0 Å². The van der Waals surface area contributed by atoms with E-state index in [0.717, 1.165) is 29.9 Å². The Morgan fingerprint density at radius 2 is 1.85 bits per heavy atom. The van der Waals surface area contributed by atoms with Gasteiger partial charge in [-0.25, -0.2) is 8.42 Å². The minimum atomic E-state index is -3.55. The summed E-state index contributed by atoms with van der Waals surface area (Å²) >= 11 is 1.40. The van der Waals surface area contributed by atoms with E-state index in [0.29, 0.717) is 23.7 Å². The number of hydrogen-bond donors (Lipinski definition) is 2. The van der Waals surface area contributed by atoms with Crippen molar-refractivity contribution < 1.29 is 33.0 Å². The van der Waals surface area contributed by atoms with E-state index in [1.165, 1.54) is 16.1 Å². The molecule has 0 fully saturated rings. The first kappa shape index (κ1) is 25.9. The number of sulfonamides is 1. The first-order valence-corrected chi connectivity index (χ1v) is 13.6. The number of amides is 1. The number of nitrogens with zero attached hydrogens (tertiary/aromatic N) is 2. The highest BCUT2D eigenvalue weighted by molar-refractivity contribution is 7.99. The SMILES string of the molecule is CC(=O)O.CSC1C(=O)N(C)c2c(OCc3ccccc3)cc3c(c21)C(CO)CN3S(C)(=O)=O. The van der Waals surface area contributed by atoms with Gasteiger partial charge in [0.2, 0.25) is 15.9 Å². The topological polar surface area (TPSA) is 124 Å². The zero-order valence-corrected chi connectivity index (χ0v) is 21.0. The Hall–Kier alpha value is -2.76. The second-order valence-corrected chi connectivity index (χ2v) is 10.9. The van der Waals surface area contributed by atoms with Crippen LogP contribution < -0.4 is 13.9 Å². The molecule has 2 heterocycles. The Morgan fingerprint density at radius 1 is 1.24 bits per heavy atom. The molecule has 11 heteroatoms. The molecule has 4 rings (SSSR count). The molecule has 0 spiro atoms. The molecular formula is C23H28N2O7S2. The van der Waals surface area contributed by atoms with Gasteiger partial charge in [-0.3, -0.25) is 13.9 Å². The van der Waals surface area contributed by atoms with E-state index in [2.05, 4.69) is 0 Å². The summed E-state index contributed by atoms with van der Waals surface area (Å²) in [5, 5.41) is 16.9. The van der Waals surface area contributed by atoms with Gasteiger partial charge in [-0.1, -0.05) is 30.3 Å². The molecule has 9 nitrogen and oxygen atoms in total. The molecule has 0 saturated heterocycles. The van der Waals surface area contributed by atoms with Crippen LogP contribution >= 0.6 is 11.8 Å². The van der Waals surface area contributed by atoms with Gasteiger partial charge in [0.25, 0.3) is 5.97 Å². The monoisotopic (exact) mass is 508 g/mol. The van der Waals surface area contributed by atoms with Gasteiger partial charge in [0.1, 0.15) is 17.6 Å². The van der Waals surface area contributed by atoms with Crippen LogP contribution in [0.5, 0.6) is 5.75 Å². The van der Waals surface area contributed by atoms with E-state index in [-0.39, 0.29) is 25.0 Å². The maximum atomic E-state index is 12.9. The van der Waals surface area contributed by atoms with Crippen molar-refractivity contribution in [3.05, 3.63) is 53.1 Å². The highest BCUT2D eigenvalue weighted by Crippen LogP contribution is 2.55. The van der Waals surface area contributed by atoms with Crippen molar-refractivity contribution in [1.82, 2.24) is 0 Å². The Morgan fingerprint density at radius 3 is 2.38 bits per heavy atom. The lowest BCUT2D eigenvalue weighted by atomic mass is 9.94. The van der Waals surface area contributed by atoms with Crippen molar-refractivity contribution in [2.24, 2.45) is 0 Å². The van der Waals surface area contributed by atoms with E-state index in [4.69, 9.17) is 14.6 Å². The molecule has 2 N–H and O–H groups in total. The quantitative estimate of drug-likeness (QED) is 0.610. The summed E-state index contributed by atoms with van der Waals surface area (Å²) in [6.07, 6.45) is 3.00. The van der Waals surface area contributed by atoms with Crippen LogP contribution in [0.15, 0.2) is 36.4 Å². The standard InChI is InChI=1S/C21H24N2O5S2.C2H4O2/c1-22-19-16(28-12-13-7-5-4-6-8-13)9-15-17(18(19)20(29-2)21(22)25)14(11-24)10-23(15)30(3,26)27;1-2(3)4/h4-9,14,20,24H,10-12H2,1-3H3;1H3,(H,3,4). The number of likely N-dealkylation sites (N-methyl/N-ethyl adjacent to an activating group) is 1. The van der Waals surface area contributed by atoms with Crippen molar-refractivity contribution >= 4 is 45.0 Å². The number of carboxylic acids is 1. The summed E-state index contributed by atoms with van der Waals surface area (Å²) in [5.74, 6) is -0.835. The first-order chi connectivity index (χ1) is 16.0. The summed E-state index contributed by atoms with van der Waals surface area (Å²) in [6.45, 7) is 1.33. The van der Waals surface area contributed by atoms with Crippen molar-refractivity contribution in [2.45, 2.75) is 24.7 Å². The molecule has 0 bridgehead atoms. The molecule has 2 atom stereocenters. The predicted octanol–water partition coefficient (Wildman–Crippen LogP) is 2.59.